The van der Waals surface area contributed by atoms with Crippen molar-refractivity contribution in [2.45, 2.75) is 31.7 Å². The fourth-order valence-electron chi connectivity index (χ4n) is 3.64. The number of aromatic nitrogens is 2. The van der Waals surface area contributed by atoms with Crippen LogP contribution in [0.15, 0.2) is 42.7 Å². The topological polar surface area (TPSA) is 58.4 Å². The Morgan fingerprint density at radius 3 is 2.58 bits per heavy atom. The van der Waals surface area contributed by atoms with Crippen molar-refractivity contribution in [2.24, 2.45) is 0 Å². The number of aryl methyl sites for hydroxylation is 1. The highest BCUT2D eigenvalue weighted by atomic mass is 16.2. The molecule has 6 heteroatoms. The molecular weight excluding hydrogens is 328 g/mol. The molecule has 1 aliphatic rings. The van der Waals surface area contributed by atoms with Gasteiger partial charge in [0.15, 0.2) is 5.54 Å². The minimum Gasteiger partial charge on any atom is -0.347 e. The van der Waals surface area contributed by atoms with Gasteiger partial charge in [0.1, 0.15) is 0 Å². The van der Waals surface area contributed by atoms with Gasteiger partial charge in [-0.2, -0.15) is 5.10 Å². The van der Waals surface area contributed by atoms with Crippen LogP contribution in [0.1, 0.15) is 24.0 Å². The molecule has 0 spiro atoms. The normalized spacial score (nSPS) is 20.0. The maximum absolute atomic E-state index is 13.0. The van der Waals surface area contributed by atoms with Gasteiger partial charge in [0.25, 0.3) is 5.91 Å². The van der Waals surface area contributed by atoms with Crippen LogP contribution >= 0.6 is 0 Å². The summed E-state index contributed by atoms with van der Waals surface area (Å²) in [7, 11) is 3.50. The number of hydrogen-bond acceptors (Lipinski definition) is 3. The van der Waals surface area contributed by atoms with Gasteiger partial charge in [-0.25, -0.2) is 0 Å². The fraction of sp³-hybridized carbons (Fsp3) is 0.450. The van der Waals surface area contributed by atoms with Gasteiger partial charge in [-0.1, -0.05) is 29.8 Å². The first kappa shape index (κ1) is 18.2. The van der Waals surface area contributed by atoms with Crippen LogP contribution in [0, 0.1) is 6.92 Å². The lowest BCUT2D eigenvalue weighted by Crippen LogP contribution is -2.59. The largest absolute Gasteiger partial charge is 0.347 e. The second-order valence-corrected chi connectivity index (χ2v) is 7.26. The van der Waals surface area contributed by atoms with E-state index >= 15 is 0 Å². The van der Waals surface area contributed by atoms with E-state index in [1.165, 1.54) is 5.56 Å². The van der Waals surface area contributed by atoms with Gasteiger partial charge in [0, 0.05) is 33.0 Å². The molecule has 2 amide bonds. The first-order valence-electron chi connectivity index (χ1n) is 8.97. The minimum atomic E-state index is -0.825. The van der Waals surface area contributed by atoms with Crippen molar-refractivity contribution in [3.05, 3.63) is 53.9 Å². The highest BCUT2D eigenvalue weighted by Crippen LogP contribution is 2.30. The standard InChI is InChI=1S/C20H26N4O2/c1-16-6-8-17(9-7-16)14-18(25)23-12-4-10-20(15-23,19(26)22(2)3)24-13-5-11-21-24/h5-9,11,13H,4,10,12,14-15H2,1-3H3. The van der Waals surface area contributed by atoms with Gasteiger partial charge in [0.05, 0.1) is 13.0 Å². The van der Waals surface area contributed by atoms with Crippen LogP contribution in [0.4, 0.5) is 0 Å². The molecule has 0 bridgehead atoms. The van der Waals surface area contributed by atoms with Crippen molar-refractivity contribution >= 4 is 11.8 Å². The van der Waals surface area contributed by atoms with E-state index in [1.54, 1.807) is 29.9 Å². The molecule has 1 aliphatic heterocycles. The van der Waals surface area contributed by atoms with Crippen LogP contribution in [0.25, 0.3) is 0 Å². The second kappa shape index (κ2) is 7.32. The predicted octanol–water partition coefficient (Wildman–Crippen LogP) is 1.84. The van der Waals surface area contributed by atoms with Crippen molar-refractivity contribution in [3.63, 3.8) is 0 Å². The Morgan fingerprint density at radius 2 is 1.96 bits per heavy atom. The van der Waals surface area contributed by atoms with E-state index in [0.29, 0.717) is 25.9 Å². The maximum Gasteiger partial charge on any atom is 0.251 e. The Hall–Kier alpha value is -2.63. The van der Waals surface area contributed by atoms with E-state index in [9.17, 15) is 9.59 Å². The van der Waals surface area contributed by atoms with Crippen LogP contribution in [-0.2, 0) is 21.5 Å². The molecule has 1 aromatic heterocycles. The third-order valence-corrected chi connectivity index (χ3v) is 5.05. The van der Waals surface area contributed by atoms with Gasteiger partial charge in [-0.3, -0.25) is 14.3 Å². The monoisotopic (exact) mass is 354 g/mol. The summed E-state index contributed by atoms with van der Waals surface area (Å²) in [6.45, 7) is 3.06. The number of likely N-dealkylation sites (N-methyl/N-ethyl adjacent to an activating group) is 1. The fourth-order valence-corrected chi connectivity index (χ4v) is 3.64. The lowest BCUT2D eigenvalue weighted by molar-refractivity contribution is -0.146. The summed E-state index contributed by atoms with van der Waals surface area (Å²) in [5.41, 5.74) is 1.34. The first-order chi connectivity index (χ1) is 12.4. The Kier molecular flexibility index (Phi) is 5.11. The van der Waals surface area contributed by atoms with Crippen molar-refractivity contribution in [2.75, 3.05) is 27.2 Å². The second-order valence-electron chi connectivity index (χ2n) is 7.26. The number of rotatable bonds is 4. The van der Waals surface area contributed by atoms with E-state index in [4.69, 9.17) is 0 Å². The smallest absolute Gasteiger partial charge is 0.251 e. The van der Waals surface area contributed by atoms with E-state index in [2.05, 4.69) is 5.10 Å². The van der Waals surface area contributed by atoms with E-state index in [0.717, 1.165) is 12.0 Å². The van der Waals surface area contributed by atoms with Crippen LogP contribution in [0.3, 0.4) is 0 Å². The quantitative estimate of drug-likeness (QED) is 0.842. The molecule has 138 valence electrons. The Bertz CT molecular complexity index is 768. The molecule has 0 N–H and O–H groups in total. The van der Waals surface area contributed by atoms with E-state index < -0.39 is 5.54 Å². The van der Waals surface area contributed by atoms with Crippen LogP contribution in [-0.4, -0.2) is 58.6 Å². The predicted molar refractivity (Wildman–Crippen MR) is 99.6 cm³/mol. The average Bonchev–Trinajstić information content (AvgIpc) is 3.18. The summed E-state index contributed by atoms with van der Waals surface area (Å²) in [6, 6.07) is 9.83. The third kappa shape index (κ3) is 3.49. The van der Waals surface area contributed by atoms with Crippen LogP contribution in [0.5, 0.6) is 0 Å². The van der Waals surface area contributed by atoms with Gasteiger partial charge in [-0.15, -0.1) is 0 Å². The number of amides is 2. The van der Waals surface area contributed by atoms with Crippen molar-refractivity contribution in [3.8, 4) is 0 Å². The van der Waals surface area contributed by atoms with Gasteiger partial charge < -0.3 is 9.80 Å². The lowest BCUT2D eigenvalue weighted by Gasteiger charge is -2.43. The minimum absolute atomic E-state index is 0.0194. The summed E-state index contributed by atoms with van der Waals surface area (Å²) < 4.78 is 1.72. The van der Waals surface area contributed by atoms with Crippen molar-refractivity contribution in [1.29, 1.82) is 0 Å². The molecule has 1 atom stereocenters. The Morgan fingerprint density at radius 1 is 1.23 bits per heavy atom. The third-order valence-electron chi connectivity index (χ3n) is 5.05. The highest BCUT2D eigenvalue weighted by molar-refractivity contribution is 5.86. The average molecular weight is 354 g/mol. The molecule has 1 fully saturated rings. The molecule has 1 unspecified atom stereocenters. The SMILES string of the molecule is Cc1ccc(CC(=O)N2CCCC(C(=O)N(C)C)(n3cccn3)C2)cc1. The summed E-state index contributed by atoms with van der Waals surface area (Å²) >= 11 is 0. The lowest BCUT2D eigenvalue weighted by atomic mass is 9.87. The number of likely N-dealkylation sites (tertiary alicyclic amines) is 1. The number of carbonyl (C=O) groups is 2. The van der Waals surface area contributed by atoms with Gasteiger partial charge >= 0.3 is 0 Å². The summed E-state index contributed by atoms with van der Waals surface area (Å²) in [5, 5.41) is 4.33. The number of benzene rings is 1. The Balaban J connectivity index is 1.82. The number of nitrogens with zero attached hydrogens (tertiary/aromatic N) is 4. The summed E-state index contributed by atoms with van der Waals surface area (Å²) in [4.78, 5) is 29.3. The number of hydrogen-bond donors (Lipinski definition) is 0. The molecule has 3 rings (SSSR count). The zero-order chi connectivity index (χ0) is 18.7. The molecule has 26 heavy (non-hydrogen) atoms. The molecule has 6 nitrogen and oxygen atoms in total. The van der Waals surface area contributed by atoms with Gasteiger partial charge in [0.2, 0.25) is 5.91 Å². The Labute approximate surface area is 154 Å². The van der Waals surface area contributed by atoms with Crippen molar-refractivity contribution in [1.82, 2.24) is 19.6 Å². The highest BCUT2D eigenvalue weighted by Gasteiger charge is 2.46. The zero-order valence-electron chi connectivity index (χ0n) is 15.7. The van der Waals surface area contributed by atoms with Gasteiger partial charge in [-0.05, 0) is 31.4 Å². The van der Waals surface area contributed by atoms with E-state index in [1.807, 2.05) is 48.4 Å². The number of piperidine rings is 1. The van der Waals surface area contributed by atoms with Crippen molar-refractivity contribution < 1.29 is 9.59 Å². The van der Waals surface area contributed by atoms with Crippen LogP contribution in [0.2, 0.25) is 0 Å². The molecular formula is C20H26N4O2. The molecule has 1 aromatic carbocycles. The molecule has 2 heterocycles. The van der Waals surface area contributed by atoms with Crippen LogP contribution < -0.4 is 0 Å². The van der Waals surface area contributed by atoms with E-state index in [-0.39, 0.29) is 11.8 Å². The first-order valence-corrected chi connectivity index (χ1v) is 8.97. The maximum atomic E-state index is 13.0. The zero-order valence-corrected chi connectivity index (χ0v) is 15.7. The molecule has 0 aliphatic carbocycles. The summed E-state index contributed by atoms with van der Waals surface area (Å²) in [6.07, 6.45) is 5.30. The summed E-state index contributed by atoms with van der Waals surface area (Å²) in [5.74, 6) is 0.0330. The molecule has 0 radical (unpaired) electrons. The molecule has 1 saturated heterocycles. The molecule has 2 aromatic rings. The number of carbonyl (C=O) groups excluding carboxylic acids is 2. The molecule has 0 saturated carbocycles.